The Labute approximate surface area is 127 Å². The van der Waals surface area contributed by atoms with Gasteiger partial charge in [0.25, 0.3) is 5.91 Å². The quantitative estimate of drug-likeness (QED) is 0.800. The number of rotatable bonds is 5. The third-order valence-corrected chi connectivity index (χ3v) is 4.61. The Bertz CT molecular complexity index is 424. The highest BCUT2D eigenvalue weighted by molar-refractivity contribution is 6.43. The van der Waals surface area contributed by atoms with Crippen LogP contribution in [0.25, 0.3) is 0 Å². The molecule has 0 unspecified atom stereocenters. The zero-order valence-electron chi connectivity index (χ0n) is 9.77. The molecule has 2 nitrogen and oxygen atoms in total. The van der Waals surface area contributed by atoms with Crippen molar-refractivity contribution in [2.45, 2.75) is 18.9 Å². The number of halogens is 4. The molecule has 1 amide bonds. The van der Waals surface area contributed by atoms with Gasteiger partial charge in [-0.2, -0.15) is 0 Å². The summed E-state index contributed by atoms with van der Waals surface area (Å²) in [6, 6.07) is 4.89. The first-order chi connectivity index (χ1) is 8.49. The van der Waals surface area contributed by atoms with Gasteiger partial charge in [-0.15, -0.1) is 23.2 Å². The van der Waals surface area contributed by atoms with Gasteiger partial charge in [0.1, 0.15) is 0 Å². The Balaban J connectivity index is 2.98. The summed E-state index contributed by atoms with van der Waals surface area (Å²) in [4.78, 5) is 12.1. The van der Waals surface area contributed by atoms with Crippen molar-refractivity contribution in [3.05, 3.63) is 33.8 Å². The van der Waals surface area contributed by atoms with E-state index in [2.05, 4.69) is 5.32 Å². The van der Waals surface area contributed by atoms with Crippen molar-refractivity contribution < 1.29 is 4.79 Å². The predicted octanol–water partition coefficient (Wildman–Crippen LogP) is 4.35. The highest BCUT2D eigenvalue weighted by Gasteiger charge is 2.29. The maximum absolute atomic E-state index is 12.1. The van der Waals surface area contributed by atoms with Crippen LogP contribution in [0.1, 0.15) is 23.7 Å². The molecule has 0 aliphatic rings. The highest BCUT2D eigenvalue weighted by atomic mass is 35.5. The molecule has 1 rings (SSSR count). The van der Waals surface area contributed by atoms with Crippen LogP contribution in [-0.2, 0) is 0 Å². The molecular formula is C12H13Cl4NO. The van der Waals surface area contributed by atoms with Gasteiger partial charge in [0.05, 0.1) is 21.1 Å². The zero-order valence-corrected chi connectivity index (χ0v) is 12.8. The summed E-state index contributed by atoms with van der Waals surface area (Å²) in [5.41, 5.74) is -0.316. The lowest BCUT2D eigenvalue weighted by Gasteiger charge is -2.29. The molecule has 0 aromatic heterocycles. The average molecular weight is 329 g/mol. The average Bonchev–Trinajstić information content (AvgIpc) is 2.39. The summed E-state index contributed by atoms with van der Waals surface area (Å²) < 4.78 is 0. The zero-order chi connectivity index (χ0) is 13.8. The van der Waals surface area contributed by atoms with Crippen LogP contribution in [0.2, 0.25) is 10.0 Å². The van der Waals surface area contributed by atoms with Crippen molar-refractivity contribution in [2.75, 3.05) is 11.8 Å². The molecule has 0 saturated heterocycles. The normalized spacial score (nSPS) is 11.4. The molecule has 0 atom stereocenters. The molecule has 0 radical (unpaired) electrons. The molecule has 18 heavy (non-hydrogen) atoms. The van der Waals surface area contributed by atoms with E-state index in [1.807, 2.05) is 6.92 Å². The van der Waals surface area contributed by atoms with Gasteiger partial charge in [0.15, 0.2) is 0 Å². The Kier molecular flexibility index (Phi) is 6.06. The second-order valence-electron chi connectivity index (χ2n) is 3.96. The Morgan fingerprint density at radius 1 is 1.28 bits per heavy atom. The third kappa shape index (κ3) is 3.45. The molecule has 1 aromatic carbocycles. The monoisotopic (exact) mass is 327 g/mol. The Hall–Kier alpha value is -0.150. The number of carbonyl (C=O) groups excluding carboxylic acids is 1. The summed E-state index contributed by atoms with van der Waals surface area (Å²) in [6.45, 7) is 1.91. The molecule has 0 aliphatic carbocycles. The van der Waals surface area contributed by atoms with Crippen LogP contribution in [0, 0.1) is 0 Å². The SMILES string of the molecule is CCC(CCl)(CCl)NC(=O)c1cccc(Cl)c1Cl. The number of hydrogen-bond donors (Lipinski definition) is 1. The minimum atomic E-state index is -0.633. The number of hydrogen-bond acceptors (Lipinski definition) is 1. The van der Waals surface area contributed by atoms with Crippen molar-refractivity contribution in [1.29, 1.82) is 0 Å². The van der Waals surface area contributed by atoms with Crippen molar-refractivity contribution in [1.82, 2.24) is 5.32 Å². The van der Waals surface area contributed by atoms with Crippen LogP contribution in [0.3, 0.4) is 0 Å². The first-order valence-electron chi connectivity index (χ1n) is 5.38. The molecule has 100 valence electrons. The van der Waals surface area contributed by atoms with Crippen LogP contribution < -0.4 is 5.32 Å². The van der Waals surface area contributed by atoms with Gasteiger partial charge in [-0.05, 0) is 18.6 Å². The third-order valence-electron chi connectivity index (χ3n) is 2.76. The summed E-state index contributed by atoms with van der Waals surface area (Å²) >= 11 is 23.6. The van der Waals surface area contributed by atoms with Gasteiger partial charge < -0.3 is 5.32 Å². The van der Waals surface area contributed by atoms with Crippen LogP contribution in [-0.4, -0.2) is 23.2 Å². The maximum Gasteiger partial charge on any atom is 0.253 e. The summed E-state index contributed by atoms with van der Waals surface area (Å²) in [7, 11) is 0. The van der Waals surface area contributed by atoms with Crippen molar-refractivity contribution in [3.63, 3.8) is 0 Å². The van der Waals surface area contributed by atoms with Crippen LogP contribution in [0.15, 0.2) is 18.2 Å². The van der Waals surface area contributed by atoms with E-state index in [0.717, 1.165) is 0 Å². The van der Waals surface area contributed by atoms with Crippen molar-refractivity contribution in [3.8, 4) is 0 Å². The lowest BCUT2D eigenvalue weighted by atomic mass is 10.0. The first kappa shape index (κ1) is 15.9. The number of nitrogens with one attached hydrogen (secondary N) is 1. The summed E-state index contributed by atoms with van der Waals surface area (Å²) in [6.07, 6.45) is 0.629. The second-order valence-corrected chi connectivity index (χ2v) is 5.28. The summed E-state index contributed by atoms with van der Waals surface area (Å²) in [5, 5.41) is 3.38. The van der Waals surface area contributed by atoms with Crippen molar-refractivity contribution in [2.24, 2.45) is 0 Å². The van der Waals surface area contributed by atoms with Gasteiger partial charge >= 0.3 is 0 Å². The smallest absolute Gasteiger partial charge is 0.253 e. The van der Waals surface area contributed by atoms with E-state index < -0.39 is 5.54 Å². The van der Waals surface area contributed by atoms with Gasteiger partial charge in [-0.25, -0.2) is 0 Å². The fourth-order valence-electron chi connectivity index (χ4n) is 1.37. The Morgan fingerprint density at radius 3 is 2.39 bits per heavy atom. The van der Waals surface area contributed by atoms with Gasteiger partial charge in [0, 0.05) is 11.8 Å². The summed E-state index contributed by atoms with van der Waals surface area (Å²) in [5.74, 6) is 0.138. The topological polar surface area (TPSA) is 29.1 Å². The first-order valence-corrected chi connectivity index (χ1v) is 7.20. The highest BCUT2D eigenvalue weighted by Crippen LogP contribution is 2.26. The lowest BCUT2D eigenvalue weighted by Crippen LogP contribution is -2.51. The number of amides is 1. The van der Waals surface area contributed by atoms with Crippen LogP contribution in [0.5, 0.6) is 0 Å². The van der Waals surface area contributed by atoms with Gasteiger partial charge in [-0.1, -0.05) is 36.2 Å². The van der Waals surface area contributed by atoms with Gasteiger partial charge in [0.2, 0.25) is 0 Å². The molecule has 6 heteroatoms. The van der Waals surface area contributed by atoms with E-state index in [4.69, 9.17) is 46.4 Å². The molecule has 1 N–H and O–H groups in total. The van der Waals surface area contributed by atoms with Crippen LogP contribution >= 0.6 is 46.4 Å². The van der Waals surface area contributed by atoms with E-state index in [1.165, 1.54) is 0 Å². The standard InChI is InChI=1S/C12H13Cl4NO/c1-2-12(6-13,7-14)17-11(18)8-4-3-5-9(15)10(8)16/h3-5H,2,6-7H2,1H3,(H,17,18). The molecule has 0 bridgehead atoms. The van der Waals surface area contributed by atoms with E-state index in [-0.39, 0.29) is 22.7 Å². The second kappa shape index (κ2) is 6.85. The predicted molar refractivity (Wildman–Crippen MR) is 78.4 cm³/mol. The molecular weight excluding hydrogens is 316 g/mol. The maximum atomic E-state index is 12.1. The lowest BCUT2D eigenvalue weighted by molar-refractivity contribution is 0.0913. The number of benzene rings is 1. The number of carbonyl (C=O) groups is 1. The van der Waals surface area contributed by atoms with E-state index in [1.54, 1.807) is 18.2 Å². The Morgan fingerprint density at radius 2 is 1.89 bits per heavy atom. The van der Waals surface area contributed by atoms with Crippen molar-refractivity contribution >= 4 is 52.3 Å². The van der Waals surface area contributed by atoms with E-state index in [0.29, 0.717) is 17.0 Å². The minimum Gasteiger partial charge on any atom is -0.344 e. The fraction of sp³-hybridized carbons (Fsp3) is 0.417. The van der Waals surface area contributed by atoms with E-state index >= 15 is 0 Å². The molecule has 0 heterocycles. The fourth-order valence-corrected chi connectivity index (χ4v) is 2.55. The minimum absolute atomic E-state index is 0.228. The molecule has 0 fully saturated rings. The molecule has 0 saturated carbocycles. The molecule has 0 aliphatic heterocycles. The van der Waals surface area contributed by atoms with Gasteiger partial charge in [-0.3, -0.25) is 4.79 Å². The number of alkyl halides is 2. The van der Waals surface area contributed by atoms with E-state index in [9.17, 15) is 4.79 Å². The van der Waals surface area contributed by atoms with Crippen LogP contribution in [0.4, 0.5) is 0 Å². The largest absolute Gasteiger partial charge is 0.344 e. The molecule has 1 aromatic rings. The molecule has 0 spiro atoms.